The molecule has 2 aromatic rings. The Morgan fingerprint density at radius 3 is 2.35 bits per heavy atom. The van der Waals surface area contributed by atoms with Gasteiger partial charge in [0.15, 0.2) is 6.61 Å². The number of hydrogen-bond donors (Lipinski definition) is 1. The van der Waals surface area contributed by atoms with Crippen molar-refractivity contribution < 1.29 is 14.3 Å². The molecular weight excluding hydrogens is 290 g/mol. The van der Waals surface area contributed by atoms with Gasteiger partial charge in [-0.3, -0.25) is 4.79 Å². The Morgan fingerprint density at radius 2 is 1.70 bits per heavy atom. The smallest absolute Gasteiger partial charge is 0.262 e. The van der Waals surface area contributed by atoms with E-state index in [-0.39, 0.29) is 12.5 Å². The number of ether oxygens (including phenoxy) is 2. The van der Waals surface area contributed by atoms with Crippen LogP contribution < -0.4 is 14.8 Å². The second-order valence-electron chi connectivity index (χ2n) is 5.49. The Labute approximate surface area is 137 Å². The maximum absolute atomic E-state index is 12.1. The van der Waals surface area contributed by atoms with Gasteiger partial charge in [-0.25, -0.2) is 0 Å². The van der Waals surface area contributed by atoms with Gasteiger partial charge in [0, 0.05) is 0 Å². The summed E-state index contributed by atoms with van der Waals surface area (Å²) in [5.41, 5.74) is 3.90. The molecule has 0 bridgehead atoms. The number of para-hydroxylation sites is 2. The minimum absolute atomic E-state index is 0.0365. The lowest BCUT2D eigenvalue weighted by atomic mass is 10.1. The molecule has 1 N–H and O–H groups in total. The van der Waals surface area contributed by atoms with Gasteiger partial charge in [-0.1, -0.05) is 29.8 Å². The van der Waals surface area contributed by atoms with Crippen molar-refractivity contribution in [1.29, 1.82) is 0 Å². The summed E-state index contributed by atoms with van der Waals surface area (Å²) in [7, 11) is 0. The molecule has 0 aliphatic heterocycles. The molecule has 0 fully saturated rings. The first-order valence-electron chi connectivity index (χ1n) is 7.73. The highest BCUT2D eigenvalue weighted by Gasteiger charge is 2.10. The SMILES string of the molecule is CCOc1ccccc1NC(=O)COc1c(C)cc(C)cc1C. The lowest BCUT2D eigenvalue weighted by molar-refractivity contribution is -0.118. The van der Waals surface area contributed by atoms with Crippen LogP contribution in [0.25, 0.3) is 0 Å². The zero-order valence-corrected chi connectivity index (χ0v) is 14.1. The van der Waals surface area contributed by atoms with Crippen molar-refractivity contribution in [2.75, 3.05) is 18.5 Å². The molecule has 0 atom stereocenters. The Kier molecular flexibility index (Phi) is 5.63. The summed E-state index contributed by atoms with van der Waals surface area (Å²) in [5.74, 6) is 1.21. The number of carbonyl (C=O) groups excluding carboxylic acids is 1. The summed E-state index contributed by atoms with van der Waals surface area (Å²) in [4.78, 5) is 12.1. The maximum Gasteiger partial charge on any atom is 0.262 e. The van der Waals surface area contributed by atoms with E-state index in [1.165, 1.54) is 5.56 Å². The number of anilines is 1. The van der Waals surface area contributed by atoms with E-state index in [1.807, 2.05) is 64.1 Å². The predicted octanol–water partition coefficient (Wildman–Crippen LogP) is 4.03. The van der Waals surface area contributed by atoms with Gasteiger partial charge in [0.05, 0.1) is 12.3 Å². The number of carbonyl (C=O) groups is 1. The standard InChI is InChI=1S/C19H23NO3/c1-5-22-17-9-7-6-8-16(17)20-18(21)12-23-19-14(3)10-13(2)11-15(19)4/h6-11H,5,12H2,1-4H3,(H,20,21). The molecule has 0 saturated carbocycles. The third-order valence-electron chi connectivity index (χ3n) is 3.41. The normalized spacial score (nSPS) is 10.3. The summed E-state index contributed by atoms with van der Waals surface area (Å²) < 4.78 is 11.2. The van der Waals surface area contributed by atoms with Crippen LogP contribution in [0.5, 0.6) is 11.5 Å². The predicted molar refractivity (Wildman–Crippen MR) is 92.4 cm³/mol. The highest BCUT2D eigenvalue weighted by molar-refractivity contribution is 5.93. The fraction of sp³-hybridized carbons (Fsp3) is 0.316. The van der Waals surface area contributed by atoms with E-state index in [4.69, 9.17) is 9.47 Å². The summed E-state index contributed by atoms with van der Waals surface area (Å²) in [6.07, 6.45) is 0. The van der Waals surface area contributed by atoms with Crippen molar-refractivity contribution >= 4 is 11.6 Å². The molecule has 122 valence electrons. The minimum Gasteiger partial charge on any atom is -0.492 e. The number of hydrogen-bond acceptors (Lipinski definition) is 3. The first-order valence-corrected chi connectivity index (χ1v) is 7.73. The lowest BCUT2D eigenvalue weighted by Crippen LogP contribution is -2.21. The summed E-state index contributed by atoms with van der Waals surface area (Å²) in [6.45, 7) is 8.43. The molecule has 0 spiro atoms. The largest absolute Gasteiger partial charge is 0.492 e. The van der Waals surface area contributed by atoms with Gasteiger partial charge in [0.2, 0.25) is 0 Å². The summed E-state index contributed by atoms with van der Waals surface area (Å²) in [6, 6.07) is 11.5. The third kappa shape index (κ3) is 4.49. The van der Waals surface area contributed by atoms with Crippen molar-refractivity contribution in [2.45, 2.75) is 27.7 Å². The zero-order chi connectivity index (χ0) is 16.8. The lowest BCUT2D eigenvalue weighted by Gasteiger charge is -2.14. The van der Waals surface area contributed by atoms with E-state index in [9.17, 15) is 4.79 Å². The molecule has 2 rings (SSSR count). The van der Waals surface area contributed by atoms with Crippen molar-refractivity contribution in [3.63, 3.8) is 0 Å². The Balaban J connectivity index is 2.01. The fourth-order valence-electron chi connectivity index (χ4n) is 2.57. The van der Waals surface area contributed by atoms with Crippen molar-refractivity contribution in [3.05, 3.63) is 53.1 Å². The van der Waals surface area contributed by atoms with E-state index < -0.39 is 0 Å². The van der Waals surface area contributed by atoms with E-state index in [0.29, 0.717) is 18.0 Å². The second-order valence-corrected chi connectivity index (χ2v) is 5.49. The molecule has 0 unspecified atom stereocenters. The van der Waals surface area contributed by atoms with E-state index >= 15 is 0 Å². The Bertz CT molecular complexity index is 672. The van der Waals surface area contributed by atoms with Gasteiger partial charge in [0.25, 0.3) is 5.91 Å². The second kappa shape index (κ2) is 7.68. The first-order chi connectivity index (χ1) is 11.0. The Morgan fingerprint density at radius 1 is 1.04 bits per heavy atom. The van der Waals surface area contributed by atoms with Gasteiger partial charge in [-0.15, -0.1) is 0 Å². The quantitative estimate of drug-likeness (QED) is 0.876. The van der Waals surface area contributed by atoms with Crippen LogP contribution in [0.15, 0.2) is 36.4 Å². The van der Waals surface area contributed by atoms with E-state index in [2.05, 4.69) is 5.32 Å². The van der Waals surface area contributed by atoms with Crippen LogP contribution in [0.1, 0.15) is 23.6 Å². The number of amides is 1. The van der Waals surface area contributed by atoms with Crippen molar-refractivity contribution in [1.82, 2.24) is 0 Å². The zero-order valence-electron chi connectivity index (χ0n) is 14.1. The van der Waals surface area contributed by atoms with Crippen molar-refractivity contribution in [3.8, 4) is 11.5 Å². The summed E-state index contributed by atoms with van der Waals surface area (Å²) >= 11 is 0. The number of nitrogens with one attached hydrogen (secondary N) is 1. The van der Waals surface area contributed by atoms with Gasteiger partial charge < -0.3 is 14.8 Å². The number of aryl methyl sites for hydroxylation is 3. The third-order valence-corrected chi connectivity index (χ3v) is 3.41. The summed E-state index contributed by atoms with van der Waals surface area (Å²) in [5, 5.41) is 2.83. The van der Waals surface area contributed by atoms with E-state index in [1.54, 1.807) is 0 Å². The molecular formula is C19H23NO3. The van der Waals surface area contributed by atoms with Crippen LogP contribution in [0.4, 0.5) is 5.69 Å². The van der Waals surface area contributed by atoms with Crippen LogP contribution >= 0.6 is 0 Å². The van der Waals surface area contributed by atoms with Crippen LogP contribution in [-0.4, -0.2) is 19.1 Å². The van der Waals surface area contributed by atoms with Crippen LogP contribution in [-0.2, 0) is 4.79 Å². The molecule has 0 radical (unpaired) electrons. The molecule has 0 saturated heterocycles. The molecule has 0 aliphatic rings. The molecule has 1 amide bonds. The van der Waals surface area contributed by atoms with Gasteiger partial charge in [-0.2, -0.15) is 0 Å². The first kappa shape index (κ1) is 16.9. The molecule has 4 heteroatoms. The van der Waals surface area contributed by atoms with Gasteiger partial charge in [0.1, 0.15) is 11.5 Å². The van der Waals surface area contributed by atoms with Crippen LogP contribution in [0.2, 0.25) is 0 Å². The Hall–Kier alpha value is -2.49. The number of benzene rings is 2. The van der Waals surface area contributed by atoms with Gasteiger partial charge in [-0.05, 0) is 51.0 Å². The molecule has 4 nitrogen and oxygen atoms in total. The highest BCUT2D eigenvalue weighted by Crippen LogP contribution is 2.25. The van der Waals surface area contributed by atoms with Crippen LogP contribution in [0.3, 0.4) is 0 Å². The van der Waals surface area contributed by atoms with Crippen LogP contribution in [0, 0.1) is 20.8 Å². The van der Waals surface area contributed by atoms with Gasteiger partial charge >= 0.3 is 0 Å². The average Bonchev–Trinajstić information content (AvgIpc) is 2.48. The molecule has 0 heterocycles. The fourth-order valence-corrected chi connectivity index (χ4v) is 2.57. The topological polar surface area (TPSA) is 47.6 Å². The molecule has 2 aromatic carbocycles. The van der Waals surface area contributed by atoms with Crippen molar-refractivity contribution in [2.24, 2.45) is 0 Å². The average molecular weight is 313 g/mol. The monoisotopic (exact) mass is 313 g/mol. The molecule has 0 aromatic heterocycles. The minimum atomic E-state index is -0.212. The maximum atomic E-state index is 12.1. The molecule has 23 heavy (non-hydrogen) atoms. The number of rotatable bonds is 6. The molecule has 0 aliphatic carbocycles. The van der Waals surface area contributed by atoms with E-state index in [0.717, 1.165) is 16.9 Å². The highest BCUT2D eigenvalue weighted by atomic mass is 16.5.